The molecule has 1 aromatic carbocycles. The molecule has 0 saturated carbocycles. The molecule has 1 N–H and O–H groups in total. The van der Waals surface area contributed by atoms with Gasteiger partial charge in [0.15, 0.2) is 0 Å². The predicted molar refractivity (Wildman–Crippen MR) is 58.0 cm³/mol. The van der Waals surface area contributed by atoms with Gasteiger partial charge in [-0.3, -0.25) is 4.79 Å². The fourth-order valence-electron chi connectivity index (χ4n) is 0.816. The molecule has 0 aliphatic heterocycles. The molecule has 0 aromatic heterocycles. The molecule has 1 aromatic rings. The van der Waals surface area contributed by atoms with E-state index >= 15 is 0 Å². The number of alkyl halides is 1. The van der Waals surface area contributed by atoms with E-state index in [9.17, 15) is 9.18 Å². The molecule has 0 spiro atoms. The number of halogens is 3. The van der Waals surface area contributed by atoms with Crippen molar-refractivity contribution in [3.63, 3.8) is 0 Å². The summed E-state index contributed by atoms with van der Waals surface area (Å²) < 4.78 is 13.4. The van der Waals surface area contributed by atoms with Crippen LogP contribution in [-0.2, 0) is 4.79 Å². The summed E-state index contributed by atoms with van der Waals surface area (Å²) in [5, 5.41) is 1.84. The van der Waals surface area contributed by atoms with E-state index in [2.05, 4.69) is 21.2 Å². The normalized spacial score (nSPS) is 12.3. The topological polar surface area (TPSA) is 29.1 Å². The maximum Gasteiger partial charge on any atom is 0.242 e. The zero-order valence-electron chi connectivity index (χ0n) is 7.35. The highest BCUT2D eigenvalue weighted by Crippen LogP contribution is 2.19. The van der Waals surface area contributed by atoms with Crippen molar-refractivity contribution in [1.29, 1.82) is 0 Å². The van der Waals surface area contributed by atoms with Gasteiger partial charge in [0.2, 0.25) is 5.91 Å². The van der Waals surface area contributed by atoms with Gasteiger partial charge < -0.3 is 5.32 Å². The van der Waals surface area contributed by atoms with Crippen LogP contribution in [0.15, 0.2) is 22.7 Å². The summed E-state index contributed by atoms with van der Waals surface area (Å²) in [5.41, 5.74) is 0.392. The highest BCUT2D eigenvalue weighted by molar-refractivity contribution is 9.10. The molecule has 76 valence electrons. The Labute approximate surface area is 94.6 Å². The molecule has 0 fully saturated rings. The first-order valence-electron chi connectivity index (χ1n) is 3.90. The van der Waals surface area contributed by atoms with Crippen molar-refractivity contribution < 1.29 is 9.18 Å². The first-order valence-corrected chi connectivity index (χ1v) is 5.13. The van der Waals surface area contributed by atoms with Crippen molar-refractivity contribution in [2.45, 2.75) is 12.3 Å². The van der Waals surface area contributed by atoms with Crippen LogP contribution in [0.4, 0.5) is 10.1 Å². The molecule has 0 aliphatic rings. The number of hydrogen-bond donors (Lipinski definition) is 1. The zero-order chi connectivity index (χ0) is 10.7. The van der Waals surface area contributed by atoms with E-state index in [0.717, 1.165) is 0 Å². The molecule has 1 amide bonds. The second-order valence-electron chi connectivity index (χ2n) is 2.73. The van der Waals surface area contributed by atoms with E-state index in [0.29, 0.717) is 10.2 Å². The quantitative estimate of drug-likeness (QED) is 0.829. The van der Waals surface area contributed by atoms with E-state index in [1.807, 2.05) is 0 Å². The molecule has 5 heteroatoms. The summed E-state index contributed by atoms with van der Waals surface area (Å²) in [7, 11) is 0. The number of nitrogens with one attached hydrogen (secondary N) is 1. The van der Waals surface area contributed by atoms with Crippen LogP contribution >= 0.6 is 27.5 Å². The number of hydrogen-bond acceptors (Lipinski definition) is 1. The molecular weight excluding hydrogens is 272 g/mol. The molecule has 0 saturated heterocycles. The average Bonchev–Trinajstić information content (AvgIpc) is 2.11. The number of anilines is 1. The third-order valence-electron chi connectivity index (χ3n) is 1.55. The van der Waals surface area contributed by atoms with Gasteiger partial charge in [-0.25, -0.2) is 4.39 Å². The number of benzene rings is 1. The van der Waals surface area contributed by atoms with Crippen LogP contribution in [-0.4, -0.2) is 11.3 Å². The summed E-state index contributed by atoms with van der Waals surface area (Å²) >= 11 is 8.54. The largest absolute Gasteiger partial charge is 0.325 e. The van der Waals surface area contributed by atoms with E-state index in [1.54, 1.807) is 13.0 Å². The number of rotatable bonds is 2. The predicted octanol–water partition coefficient (Wildman–Crippen LogP) is 3.15. The van der Waals surface area contributed by atoms with E-state index < -0.39 is 11.2 Å². The maximum atomic E-state index is 13.0. The zero-order valence-corrected chi connectivity index (χ0v) is 9.69. The maximum absolute atomic E-state index is 13.0. The lowest BCUT2D eigenvalue weighted by molar-refractivity contribution is -0.115. The van der Waals surface area contributed by atoms with Crippen LogP contribution in [0.5, 0.6) is 0 Å². The van der Waals surface area contributed by atoms with Crippen molar-refractivity contribution in [3.05, 3.63) is 28.5 Å². The molecule has 1 atom stereocenters. The van der Waals surface area contributed by atoms with Crippen LogP contribution in [0.3, 0.4) is 0 Å². The first-order chi connectivity index (χ1) is 6.50. The SMILES string of the molecule is CC(Cl)C(=O)Nc1ccc(Br)c(F)c1. The van der Waals surface area contributed by atoms with Gasteiger partial charge in [-0.05, 0) is 41.1 Å². The van der Waals surface area contributed by atoms with Crippen molar-refractivity contribution >= 4 is 39.1 Å². The van der Waals surface area contributed by atoms with Gasteiger partial charge in [0.1, 0.15) is 11.2 Å². The third-order valence-corrected chi connectivity index (χ3v) is 2.39. The van der Waals surface area contributed by atoms with Gasteiger partial charge in [0, 0.05) is 5.69 Å². The monoisotopic (exact) mass is 279 g/mol. The molecule has 2 nitrogen and oxygen atoms in total. The van der Waals surface area contributed by atoms with Crippen molar-refractivity contribution in [3.8, 4) is 0 Å². The summed E-state index contributed by atoms with van der Waals surface area (Å²) in [6, 6.07) is 4.33. The number of carbonyl (C=O) groups is 1. The lowest BCUT2D eigenvalue weighted by atomic mass is 10.3. The lowest BCUT2D eigenvalue weighted by Crippen LogP contribution is -2.20. The first kappa shape index (κ1) is 11.5. The molecule has 0 heterocycles. The van der Waals surface area contributed by atoms with Gasteiger partial charge in [-0.2, -0.15) is 0 Å². The molecule has 0 radical (unpaired) electrons. The van der Waals surface area contributed by atoms with Gasteiger partial charge in [0.25, 0.3) is 0 Å². The van der Waals surface area contributed by atoms with Crippen molar-refractivity contribution in [2.24, 2.45) is 0 Å². The second kappa shape index (κ2) is 4.75. The summed E-state index contributed by atoms with van der Waals surface area (Å²) in [6.07, 6.45) is 0. The Hall–Kier alpha value is -0.610. The van der Waals surface area contributed by atoms with E-state index in [4.69, 9.17) is 11.6 Å². The van der Waals surface area contributed by atoms with Gasteiger partial charge >= 0.3 is 0 Å². The molecule has 1 rings (SSSR count). The van der Waals surface area contributed by atoms with Crippen molar-refractivity contribution in [2.75, 3.05) is 5.32 Å². The second-order valence-corrected chi connectivity index (χ2v) is 4.24. The fraction of sp³-hybridized carbons (Fsp3) is 0.222. The summed E-state index contributed by atoms with van der Waals surface area (Å²) in [5.74, 6) is -0.779. The highest BCUT2D eigenvalue weighted by atomic mass is 79.9. The minimum Gasteiger partial charge on any atom is -0.325 e. The summed E-state index contributed by atoms with van der Waals surface area (Å²) in [6.45, 7) is 1.55. The minimum atomic E-state index is -0.637. The van der Waals surface area contributed by atoms with Crippen LogP contribution < -0.4 is 5.32 Å². The van der Waals surface area contributed by atoms with E-state index in [-0.39, 0.29) is 5.91 Å². The molecule has 14 heavy (non-hydrogen) atoms. The van der Waals surface area contributed by atoms with Crippen LogP contribution in [0.2, 0.25) is 0 Å². The van der Waals surface area contributed by atoms with Gasteiger partial charge in [-0.1, -0.05) is 0 Å². The fourth-order valence-corrected chi connectivity index (χ4v) is 1.12. The van der Waals surface area contributed by atoms with Gasteiger partial charge in [-0.15, -0.1) is 11.6 Å². The molecule has 1 unspecified atom stereocenters. The Morgan fingerprint density at radius 2 is 2.29 bits per heavy atom. The van der Waals surface area contributed by atoms with Crippen molar-refractivity contribution in [1.82, 2.24) is 0 Å². The Kier molecular flexibility index (Phi) is 3.89. The Bertz CT molecular complexity index is 357. The Morgan fingerprint density at radius 1 is 1.64 bits per heavy atom. The van der Waals surface area contributed by atoms with Gasteiger partial charge in [0.05, 0.1) is 4.47 Å². The Balaban J connectivity index is 2.78. The lowest BCUT2D eigenvalue weighted by Gasteiger charge is -2.06. The number of amides is 1. The Morgan fingerprint density at radius 3 is 2.79 bits per heavy atom. The average molecular weight is 281 g/mol. The summed E-state index contributed by atoms with van der Waals surface area (Å²) in [4.78, 5) is 11.1. The van der Waals surface area contributed by atoms with Crippen LogP contribution in [0, 0.1) is 5.82 Å². The minimum absolute atomic E-state index is 0.353. The standard InChI is InChI=1S/C9H8BrClFNO/c1-5(11)9(14)13-6-2-3-7(10)8(12)4-6/h2-5H,1H3,(H,13,14). The smallest absolute Gasteiger partial charge is 0.242 e. The van der Waals surface area contributed by atoms with E-state index in [1.165, 1.54) is 12.1 Å². The highest BCUT2D eigenvalue weighted by Gasteiger charge is 2.09. The molecule has 0 aliphatic carbocycles. The number of carbonyl (C=O) groups excluding carboxylic acids is 1. The van der Waals surface area contributed by atoms with Crippen LogP contribution in [0.25, 0.3) is 0 Å². The van der Waals surface area contributed by atoms with Crippen LogP contribution in [0.1, 0.15) is 6.92 Å². The molecular formula is C9H8BrClFNO. The molecule has 0 bridgehead atoms. The third kappa shape index (κ3) is 2.96.